The molecule has 0 amide bonds. The first-order valence-electron chi connectivity index (χ1n) is 7.64. The summed E-state index contributed by atoms with van der Waals surface area (Å²) in [6.45, 7) is 3.95. The zero-order valence-corrected chi connectivity index (χ0v) is 12.5. The van der Waals surface area contributed by atoms with Gasteiger partial charge in [0.1, 0.15) is 0 Å². The lowest BCUT2D eigenvalue weighted by Gasteiger charge is -2.06. The molecule has 0 unspecified atom stereocenters. The number of pyridine rings is 2. The van der Waals surface area contributed by atoms with Gasteiger partial charge in [-0.2, -0.15) is 0 Å². The largest absolute Gasteiger partial charge is 0.313 e. The Morgan fingerprint density at radius 2 is 1.24 bits per heavy atom. The van der Waals surface area contributed by atoms with Crippen molar-refractivity contribution in [2.75, 3.05) is 13.1 Å². The highest BCUT2D eigenvalue weighted by Crippen LogP contribution is 1.98. The van der Waals surface area contributed by atoms with Gasteiger partial charge in [-0.3, -0.25) is 9.97 Å². The molecule has 0 saturated carbocycles. The predicted molar refractivity (Wildman–Crippen MR) is 85.7 cm³/mol. The standard InChI is InChI=1S/C17H24N4/c1(2-8-18-12-16-6-4-10-20-14-16)3-9-19-13-17-7-5-11-21-15-17/h4-7,10-11,14-15,18-19H,1-3,8-9,12-13H2. The Balaban J connectivity index is 1.40. The maximum absolute atomic E-state index is 4.11. The minimum atomic E-state index is 0.910. The number of nitrogens with zero attached hydrogens (tertiary/aromatic N) is 2. The second-order valence-electron chi connectivity index (χ2n) is 5.14. The van der Waals surface area contributed by atoms with Gasteiger partial charge in [-0.15, -0.1) is 0 Å². The van der Waals surface area contributed by atoms with Gasteiger partial charge in [0.05, 0.1) is 0 Å². The maximum Gasteiger partial charge on any atom is 0.0312 e. The number of aromatic nitrogens is 2. The van der Waals surface area contributed by atoms with Crippen LogP contribution < -0.4 is 10.6 Å². The van der Waals surface area contributed by atoms with Gasteiger partial charge in [-0.05, 0) is 49.2 Å². The molecule has 0 aliphatic heterocycles. The second kappa shape index (κ2) is 10.0. The monoisotopic (exact) mass is 284 g/mol. The van der Waals surface area contributed by atoms with Crippen molar-refractivity contribution >= 4 is 0 Å². The molecule has 0 radical (unpaired) electrons. The van der Waals surface area contributed by atoms with Crippen molar-refractivity contribution in [3.8, 4) is 0 Å². The van der Waals surface area contributed by atoms with Crippen LogP contribution in [-0.4, -0.2) is 23.1 Å². The minimum absolute atomic E-state index is 0.910. The summed E-state index contributed by atoms with van der Waals surface area (Å²) in [5, 5.41) is 6.90. The van der Waals surface area contributed by atoms with Crippen molar-refractivity contribution < 1.29 is 0 Å². The average Bonchev–Trinajstić information content (AvgIpc) is 2.55. The van der Waals surface area contributed by atoms with E-state index in [0.29, 0.717) is 0 Å². The van der Waals surface area contributed by atoms with Crippen molar-refractivity contribution in [3.63, 3.8) is 0 Å². The van der Waals surface area contributed by atoms with E-state index < -0.39 is 0 Å². The topological polar surface area (TPSA) is 49.8 Å². The zero-order chi connectivity index (χ0) is 14.6. The summed E-state index contributed by atoms with van der Waals surface area (Å²) in [6.07, 6.45) is 11.1. The first-order chi connectivity index (χ1) is 10.4. The van der Waals surface area contributed by atoms with E-state index in [1.165, 1.54) is 30.4 Å². The summed E-state index contributed by atoms with van der Waals surface area (Å²) in [4.78, 5) is 8.21. The lowest BCUT2D eigenvalue weighted by Crippen LogP contribution is -2.17. The SMILES string of the molecule is c1cncc(CNCCCCCNCc2cccnc2)c1. The van der Waals surface area contributed by atoms with E-state index in [-0.39, 0.29) is 0 Å². The fraction of sp³-hybridized carbons (Fsp3) is 0.412. The molecule has 2 rings (SSSR count). The summed E-state index contributed by atoms with van der Waals surface area (Å²) < 4.78 is 0. The van der Waals surface area contributed by atoms with E-state index in [1.807, 2.05) is 36.9 Å². The Kier molecular flexibility index (Phi) is 7.45. The van der Waals surface area contributed by atoms with Gasteiger partial charge in [0.25, 0.3) is 0 Å². The number of unbranched alkanes of at least 4 members (excludes halogenated alkanes) is 2. The molecule has 21 heavy (non-hydrogen) atoms. The van der Waals surface area contributed by atoms with E-state index >= 15 is 0 Å². The van der Waals surface area contributed by atoms with Crippen molar-refractivity contribution in [1.29, 1.82) is 0 Å². The van der Waals surface area contributed by atoms with Crippen LogP contribution in [0.4, 0.5) is 0 Å². The van der Waals surface area contributed by atoms with Gasteiger partial charge < -0.3 is 10.6 Å². The van der Waals surface area contributed by atoms with E-state index in [2.05, 4.69) is 32.7 Å². The minimum Gasteiger partial charge on any atom is -0.313 e. The number of hydrogen-bond acceptors (Lipinski definition) is 4. The first kappa shape index (κ1) is 15.6. The number of rotatable bonds is 10. The van der Waals surface area contributed by atoms with Gasteiger partial charge in [-0.25, -0.2) is 0 Å². The molecule has 0 aromatic carbocycles. The van der Waals surface area contributed by atoms with E-state index in [1.54, 1.807) is 0 Å². The van der Waals surface area contributed by atoms with Gasteiger partial charge in [0.2, 0.25) is 0 Å². The molecule has 4 heteroatoms. The Labute approximate surface area is 127 Å². The summed E-state index contributed by atoms with van der Waals surface area (Å²) in [6, 6.07) is 8.15. The molecule has 2 aromatic heterocycles. The van der Waals surface area contributed by atoms with Crippen molar-refractivity contribution in [2.45, 2.75) is 32.4 Å². The van der Waals surface area contributed by atoms with Crippen molar-refractivity contribution in [2.24, 2.45) is 0 Å². The van der Waals surface area contributed by atoms with E-state index in [9.17, 15) is 0 Å². The molecule has 2 aromatic rings. The molecule has 0 atom stereocenters. The first-order valence-corrected chi connectivity index (χ1v) is 7.64. The summed E-state index contributed by atoms with van der Waals surface area (Å²) in [5.41, 5.74) is 2.49. The molecule has 4 nitrogen and oxygen atoms in total. The smallest absolute Gasteiger partial charge is 0.0312 e. The third kappa shape index (κ3) is 6.97. The van der Waals surface area contributed by atoms with Gasteiger partial charge >= 0.3 is 0 Å². The Morgan fingerprint density at radius 3 is 1.67 bits per heavy atom. The predicted octanol–water partition coefficient (Wildman–Crippen LogP) is 2.53. The molecule has 0 aliphatic carbocycles. The van der Waals surface area contributed by atoms with Crippen molar-refractivity contribution in [3.05, 3.63) is 60.2 Å². The lowest BCUT2D eigenvalue weighted by atomic mass is 10.2. The maximum atomic E-state index is 4.11. The van der Waals surface area contributed by atoms with E-state index in [4.69, 9.17) is 0 Å². The Bertz CT molecular complexity index is 427. The fourth-order valence-electron chi connectivity index (χ4n) is 2.15. The summed E-state index contributed by atoms with van der Waals surface area (Å²) in [7, 11) is 0. The molecule has 0 saturated heterocycles. The Hall–Kier alpha value is -1.78. The van der Waals surface area contributed by atoms with Crippen LogP contribution in [0.25, 0.3) is 0 Å². The highest BCUT2D eigenvalue weighted by atomic mass is 14.9. The lowest BCUT2D eigenvalue weighted by molar-refractivity contribution is 0.571. The molecule has 2 N–H and O–H groups in total. The quantitative estimate of drug-likeness (QED) is 0.658. The molecular weight excluding hydrogens is 260 g/mol. The highest BCUT2D eigenvalue weighted by Gasteiger charge is 1.94. The molecule has 112 valence electrons. The average molecular weight is 284 g/mol. The zero-order valence-electron chi connectivity index (χ0n) is 12.5. The molecular formula is C17H24N4. The van der Waals surface area contributed by atoms with Crippen LogP contribution in [-0.2, 0) is 13.1 Å². The van der Waals surface area contributed by atoms with Gasteiger partial charge in [0, 0.05) is 37.9 Å². The van der Waals surface area contributed by atoms with Crippen LogP contribution in [0.2, 0.25) is 0 Å². The highest BCUT2D eigenvalue weighted by molar-refractivity contribution is 5.08. The second-order valence-corrected chi connectivity index (χ2v) is 5.14. The Morgan fingerprint density at radius 1 is 0.714 bits per heavy atom. The normalized spacial score (nSPS) is 10.7. The van der Waals surface area contributed by atoms with Crippen LogP contribution >= 0.6 is 0 Å². The molecule has 2 heterocycles. The molecule has 0 fully saturated rings. The van der Waals surface area contributed by atoms with Crippen LogP contribution in [0.5, 0.6) is 0 Å². The summed E-state index contributed by atoms with van der Waals surface area (Å²) >= 11 is 0. The fourth-order valence-corrected chi connectivity index (χ4v) is 2.15. The summed E-state index contributed by atoms with van der Waals surface area (Å²) in [5.74, 6) is 0. The molecule has 0 bridgehead atoms. The molecule has 0 aliphatic rings. The van der Waals surface area contributed by atoms with Gasteiger partial charge in [-0.1, -0.05) is 18.6 Å². The third-order valence-electron chi connectivity index (χ3n) is 3.31. The number of hydrogen-bond donors (Lipinski definition) is 2. The van der Waals surface area contributed by atoms with Crippen LogP contribution in [0.15, 0.2) is 49.1 Å². The van der Waals surface area contributed by atoms with Crippen LogP contribution in [0, 0.1) is 0 Å². The van der Waals surface area contributed by atoms with E-state index in [0.717, 1.165) is 26.2 Å². The number of nitrogens with one attached hydrogen (secondary N) is 2. The van der Waals surface area contributed by atoms with Crippen molar-refractivity contribution in [1.82, 2.24) is 20.6 Å². The van der Waals surface area contributed by atoms with Crippen LogP contribution in [0.1, 0.15) is 30.4 Å². The van der Waals surface area contributed by atoms with Crippen LogP contribution in [0.3, 0.4) is 0 Å². The molecule has 0 spiro atoms. The van der Waals surface area contributed by atoms with Gasteiger partial charge in [0.15, 0.2) is 0 Å². The third-order valence-corrected chi connectivity index (χ3v) is 3.31.